The number of carbonyl (C=O) groups is 2. The molecule has 7 nitrogen and oxygen atoms in total. The highest BCUT2D eigenvalue weighted by Crippen LogP contribution is 2.27. The van der Waals surface area contributed by atoms with E-state index in [2.05, 4.69) is 22.9 Å². The van der Waals surface area contributed by atoms with Gasteiger partial charge in [0.2, 0.25) is 5.91 Å². The molecule has 2 rings (SSSR count). The maximum absolute atomic E-state index is 13.1. The molecule has 0 spiro atoms. The van der Waals surface area contributed by atoms with E-state index >= 15 is 0 Å². The highest BCUT2D eigenvalue weighted by molar-refractivity contribution is 5.87. The van der Waals surface area contributed by atoms with Gasteiger partial charge in [-0.05, 0) is 24.7 Å². The number of likely N-dealkylation sites (tertiary alicyclic amines) is 1. The number of rotatable bonds is 4. The molecule has 7 heteroatoms. The molecule has 1 fully saturated rings. The van der Waals surface area contributed by atoms with Crippen LogP contribution in [0.2, 0.25) is 0 Å². The van der Waals surface area contributed by atoms with Crippen LogP contribution in [0.4, 0.5) is 4.79 Å². The first kappa shape index (κ1) is 18.4. The van der Waals surface area contributed by atoms with Crippen molar-refractivity contribution in [1.82, 2.24) is 20.9 Å². The number of hydrogen-bond acceptors (Lipinski definition) is 5. The van der Waals surface area contributed by atoms with E-state index in [4.69, 9.17) is 4.74 Å². The second-order valence-electron chi connectivity index (χ2n) is 7.49. The van der Waals surface area contributed by atoms with E-state index in [-0.39, 0.29) is 18.1 Å². The first-order valence-electron chi connectivity index (χ1n) is 8.64. The maximum atomic E-state index is 13.1. The van der Waals surface area contributed by atoms with Gasteiger partial charge in [-0.1, -0.05) is 27.7 Å². The fourth-order valence-corrected chi connectivity index (χ4v) is 3.29. The number of amides is 2. The molecular weight excluding hydrogens is 308 g/mol. The smallest absolute Gasteiger partial charge is 0.407 e. The third kappa shape index (κ3) is 3.94. The number of nitrogens with zero attached hydrogens (tertiary/aromatic N) is 1. The summed E-state index contributed by atoms with van der Waals surface area (Å²) in [5.41, 5.74) is 0.751. The monoisotopic (exact) mass is 338 g/mol. The Hall–Kier alpha value is -1.92. The molecule has 2 heterocycles. The second kappa shape index (κ2) is 7.32. The number of ether oxygens (including phenoxy) is 1. The highest BCUT2D eigenvalue weighted by Gasteiger charge is 2.42. The lowest BCUT2D eigenvalue weighted by Gasteiger charge is -2.37. The maximum Gasteiger partial charge on any atom is 0.407 e. The van der Waals surface area contributed by atoms with Gasteiger partial charge in [-0.3, -0.25) is 4.79 Å². The van der Waals surface area contributed by atoms with Crippen LogP contribution < -0.4 is 16.0 Å². The third-order valence-corrected chi connectivity index (χ3v) is 4.69. The Bertz CT molecular complexity index is 512. The van der Waals surface area contributed by atoms with Crippen molar-refractivity contribution >= 4 is 12.0 Å². The molecular formula is C17H30N4O3. The number of alkyl carbamates (subject to hydrolysis) is 1. The Morgan fingerprint density at radius 2 is 2.17 bits per heavy atom. The lowest BCUT2D eigenvalue weighted by Crippen LogP contribution is -2.59. The molecule has 0 radical (unpaired) electrons. The fraction of sp³-hybridized carbons (Fsp3) is 0.765. The van der Waals surface area contributed by atoms with Crippen LogP contribution in [0.1, 0.15) is 47.0 Å². The van der Waals surface area contributed by atoms with Crippen LogP contribution in [-0.2, 0) is 9.53 Å². The van der Waals surface area contributed by atoms with Gasteiger partial charge >= 0.3 is 6.09 Å². The minimum atomic E-state index is -0.620. The summed E-state index contributed by atoms with van der Waals surface area (Å²) < 4.78 is 4.69. The molecule has 0 aromatic heterocycles. The van der Waals surface area contributed by atoms with Crippen molar-refractivity contribution in [2.45, 2.75) is 65.2 Å². The Labute approximate surface area is 144 Å². The fourth-order valence-electron chi connectivity index (χ4n) is 3.29. The number of hydrogen-bond donors (Lipinski definition) is 3. The Balaban J connectivity index is 2.11. The molecule has 1 unspecified atom stereocenters. The molecule has 3 N–H and O–H groups in total. The zero-order chi connectivity index (χ0) is 17.9. The molecule has 2 aliphatic rings. The second-order valence-corrected chi connectivity index (χ2v) is 7.49. The highest BCUT2D eigenvalue weighted by atomic mass is 16.5. The summed E-state index contributed by atoms with van der Waals surface area (Å²) >= 11 is 0. The Morgan fingerprint density at radius 1 is 1.46 bits per heavy atom. The number of carbonyl (C=O) groups excluding carboxylic acids is 2. The summed E-state index contributed by atoms with van der Waals surface area (Å²) in [7, 11) is 1.31. The lowest BCUT2D eigenvalue weighted by atomic mass is 9.85. The molecule has 0 bridgehead atoms. The molecule has 3 atom stereocenters. The van der Waals surface area contributed by atoms with Crippen LogP contribution in [0.25, 0.3) is 0 Å². The standard InChI is InChI=1S/C17H30N4O3/c1-6-11-10-18-14(19-11)12-8-7-9-21(12)15(22)13(17(2,3)4)20-16(23)24-5/h10,12-14,18-19H,6-9H2,1-5H3,(H,20,23)/t12-,13+,14?/m0/s1. The topological polar surface area (TPSA) is 82.7 Å². The molecule has 1 saturated heterocycles. The van der Waals surface area contributed by atoms with Crippen LogP contribution in [0, 0.1) is 5.41 Å². The van der Waals surface area contributed by atoms with Crippen LogP contribution in [0.3, 0.4) is 0 Å². The summed E-state index contributed by atoms with van der Waals surface area (Å²) in [5.74, 6) is -0.0519. The van der Waals surface area contributed by atoms with Crippen LogP contribution >= 0.6 is 0 Å². The Kier molecular flexibility index (Phi) is 5.62. The average molecular weight is 338 g/mol. The van der Waals surface area contributed by atoms with Crippen molar-refractivity contribution in [3.05, 3.63) is 11.9 Å². The van der Waals surface area contributed by atoms with E-state index in [1.165, 1.54) is 7.11 Å². The van der Waals surface area contributed by atoms with E-state index in [1.807, 2.05) is 31.9 Å². The molecule has 0 aromatic carbocycles. The molecule has 2 amide bonds. The van der Waals surface area contributed by atoms with E-state index < -0.39 is 17.6 Å². The summed E-state index contributed by atoms with van der Waals surface area (Å²) in [4.78, 5) is 26.7. The summed E-state index contributed by atoms with van der Waals surface area (Å²) in [6.07, 6.45) is 4.28. The predicted molar refractivity (Wildman–Crippen MR) is 92.0 cm³/mol. The molecule has 0 aliphatic carbocycles. The van der Waals surface area contributed by atoms with Gasteiger partial charge in [0, 0.05) is 18.4 Å². The quantitative estimate of drug-likeness (QED) is 0.724. The molecule has 2 aliphatic heterocycles. The van der Waals surface area contributed by atoms with E-state index in [0.717, 1.165) is 25.0 Å². The van der Waals surface area contributed by atoms with Gasteiger partial charge in [0.05, 0.1) is 13.2 Å². The molecule has 0 aromatic rings. The molecule has 24 heavy (non-hydrogen) atoms. The first-order chi connectivity index (χ1) is 11.3. The molecule has 0 saturated carbocycles. The average Bonchev–Trinajstić information content (AvgIpc) is 3.18. The summed E-state index contributed by atoms with van der Waals surface area (Å²) in [5, 5.41) is 9.48. The van der Waals surface area contributed by atoms with Gasteiger partial charge < -0.3 is 25.6 Å². The first-order valence-corrected chi connectivity index (χ1v) is 8.64. The van der Waals surface area contributed by atoms with Crippen LogP contribution in [-0.4, -0.2) is 48.8 Å². The van der Waals surface area contributed by atoms with E-state index in [9.17, 15) is 9.59 Å². The number of allylic oxidation sites excluding steroid dienone is 1. The van der Waals surface area contributed by atoms with Crippen molar-refractivity contribution in [2.75, 3.05) is 13.7 Å². The number of nitrogens with one attached hydrogen (secondary N) is 3. The van der Waals surface area contributed by atoms with E-state index in [0.29, 0.717) is 6.54 Å². The zero-order valence-corrected chi connectivity index (χ0v) is 15.3. The SMILES string of the molecule is CCC1=CNC([C@@H]2CCCN2C(=O)[C@@H](NC(=O)OC)C(C)(C)C)N1. The van der Waals surface area contributed by atoms with Gasteiger partial charge in [-0.2, -0.15) is 0 Å². The number of methoxy groups -OCH3 is 1. The van der Waals surface area contributed by atoms with Gasteiger partial charge in [0.25, 0.3) is 0 Å². The van der Waals surface area contributed by atoms with Crippen LogP contribution in [0.5, 0.6) is 0 Å². The third-order valence-electron chi connectivity index (χ3n) is 4.69. The lowest BCUT2D eigenvalue weighted by molar-refractivity contribution is -0.137. The van der Waals surface area contributed by atoms with Crippen molar-refractivity contribution < 1.29 is 14.3 Å². The zero-order valence-electron chi connectivity index (χ0n) is 15.3. The van der Waals surface area contributed by atoms with E-state index in [1.54, 1.807) is 0 Å². The minimum absolute atomic E-state index is 0.0325. The van der Waals surface area contributed by atoms with Gasteiger partial charge in [0.15, 0.2) is 0 Å². The van der Waals surface area contributed by atoms with Crippen molar-refractivity contribution in [3.63, 3.8) is 0 Å². The summed E-state index contributed by atoms with van der Waals surface area (Å²) in [6, 6.07) is -0.548. The minimum Gasteiger partial charge on any atom is -0.453 e. The normalized spacial score (nSPS) is 24.7. The molecule has 136 valence electrons. The van der Waals surface area contributed by atoms with Crippen molar-refractivity contribution in [2.24, 2.45) is 5.41 Å². The van der Waals surface area contributed by atoms with Crippen LogP contribution in [0.15, 0.2) is 11.9 Å². The largest absolute Gasteiger partial charge is 0.453 e. The Morgan fingerprint density at radius 3 is 2.71 bits per heavy atom. The van der Waals surface area contributed by atoms with Gasteiger partial charge in [-0.25, -0.2) is 4.79 Å². The van der Waals surface area contributed by atoms with Crippen molar-refractivity contribution in [3.8, 4) is 0 Å². The van der Waals surface area contributed by atoms with Gasteiger partial charge in [-0.15, -0.1) is 0 Å². The predicted octanol–water partition coefficient (Wildman–Crippen LogP) is 1.52. The van der Waals surface area contributed by atoms with Gasteiger partial charge in [0.1, 0.15) is 12.2 Å². The van der Waals surface area contributed by atoms with Crippen molar-refractivity contribution in [1.29, 1.82) is 0 Å². The summed E-state index contributed by atoms with van der Waals surface area (Å²) in [6.45, 7) is 8.63.